The molecule has 25 heavy (non-hydrogen) atoms. The van der Waals surface area contributed by atoms with Crippen LogP contribution in [-0.4, -0.2) is 12.5 Å². The Labute approximate surface area is 146 Å². The number of para-hydroxylation sites is 1. The molecule has 0 saturated carbocycles. The summed E-state index contributed by atoms with van der Waals surface area (Å²) in [7, 11) is 0. The molecule has 1 unspecified atom stereocenters. The van der Waals surface area contributed by atoms with Crippen LogP contribution in [0.4, 0.5) is 5.69 Å². The van der Waals surface area contributed by atoms with E-state index in [0.717, 1.165) is 10.9 Å². The van der Waals surface area contributed by atoms with Gasteiger partial charge in [0.15, 0.2) is 11.3 Å². The maximum atomic E-state index is 12.6. The van der Waals surface area contributed by atoms with Gasteiger partial charge < -0.3 is 20.2 Å². The van der Waals surface area contributed by atoms with E-state index in [4.69, 9.17) is 14.9 Å². The van der Waals surface area contributed by atoms with Gasteiger partial charge in [-0.25, -0.2) is 0 Å². The molecule has 0 spiro atoms. The van der Waals surface area contributed by atoms with Crippen LogP contribution < -0.4 is 15.8 Å². The SMILES string of the molecule is CCOc1cccc2cc(C(C)NC(=O)c3cc(N)ccc3C)oc12. The van der Waals surface area contributed by atoms with E-state index in [1.807, 2.05) is 51.1 Å². The molecule has 1 heterocycles. The maximum absolute atomic E-state index is 12.6. The van der Waals surface area contributed by atoms with Gasteiger partial charge in [-0.1, -0.05) is 18.2 Å². The Morgan fingerprint density at radius 3 is 2.84 bits per heavy atom. The number of hydrogen-bond donors (Lipinski definition) is 2. The lowest BCUT2D eigenvalue weighted by molar-refractivity contribution is 0.0935. The zero-order valence-electron chi connectivity index (χ0n) is 14.6. The first-order valence-corrected chi connectivity index (χ1v) is 8.32. The number of anilines is 1. The summed E-state index contributed by atoms with van der Waals surface area (Å²) in [6.45, 7) is 6.27. The number of nitrogen functional groups attached to an aromatic ring is 1. The molecule has 3 rings (SSSR count). The van der Waals surface area contributed by atoms with Crippen molar-refractivity contribution < 1.29 is 13.9 Å². The van der Waals surface area contributed by atoms with Crippen LogP contribution in [0, 0.1) is 6.92 Å². The Bertz CT molecular complexity index is 914. The highest BCUT2D eigenvalue weighted by molar-refractivity contribution is 5.96. The standard InChI is InChI=1S/C20H22N2O3/c1-4-24-17-7-5-6-14-10-18(25-19(14)17)13(3)22-20(23)16-11-15(21)9-8-12(16)2/h5-11,13H,4,21H2,1-3H3,(H,22,23). The van der Waals surface area contributed by atoms with Crippen LogP contribution in [0.5, 0.6) is 5.75 Å². The molecule has 0 radical (unpaired) electrons. The predicted octanol–water partition coefficient (Wildman–Crippen LogP) is 4.21. The van der Waals surface area contributed by atoms with E-state index in [1.165, 1.54) is 0 Å². The molecule has 2 aromatic carbocycles. The largest absolute Gasteiger partial charge is 0.490 e. The lowest BCUT2D eigenvalue weighted by atomic mass is 10.1. The monoisotopic (exact) mass is 338 g/mol. The normalized spacial score (nSPS) is 12.1. The summed E-state index contributed by atoms with van der Waals surface area (Å²) in [5, 5.41) is 3.91. The van der Waals surface area contributed by atoms with Crippen LogP contribution in [0.15, 0.2) is 46.9 Å². The van der Waals surface area contributed by atoms with Crippen molar-refractivity contribution in [3.63, 3.8) is 0 Å². The number of ether oxygens (including phenoxy) is 1. The summed E-state index contributed by atoms with van der Waals surface area (Å²) in [5.41, 5.74) is 8.49. The quantitative estimate of drug-likeness (QED) is 0.683. The Kier molecular flexibility index (Phi) is 4.65. The van der Waals surface area contributed by atoms with E-state index in [1.54, 1.807) is 12.1 Å². The van der Waals surface area contributed by atoms with Crippen molar-refractivity contribution in [2.24, 2.45) is 0 Å². The van der Waals surface area contributed by atoms with Crippen LogP contribution in [0.3, 0.4) is 0 Å². The number of amides is 1. The fourth-order valence-electron chi connectivity index (χ4n) is 2.77. The molecule has 0 bridgehead atoms. The van der Waals surface area contributed by atoms with Crippen molar-refractivity contribution in [2.45, 2.75) is 26.8 Å². The van der Waals surface area contributed by atoms with Gasteiger partial charge in [-0.15, -0.1) is 0 Å². The van der Waals surface area contributed by atoms with Crippen molar-refractivity contribution in [1.29, 1.82) is 0 Å². The number of benzene rings is 2. The first kappa shape index (κ1) is 16.9. The second-order valence-corrected chi connectivity index (χ2v) is 6.03. The van der Waals surface area contributed by atoms with Gasteiger partial charge in [0.2, 0.25) is 0 Å². The molecule has 5 heteroatoms. The van der Waals surface area contributed by atoms with Gasteiger partial charge in [-0.2, -0.15) is 0 Å². The minimum atomic E-state index is -0.282. The van der Waals surface area contributed by atoms with E-state index in [-0.39, 0.29) is 11.9 Å². The molecular weight excluding hydrogens is 316 g/mol. The van der Waals surface area contributed by atoms with Crippen molar-refractivity contribution in [3.8, 4) is 5.75 Å². The molecule has 3 aromatic rings. The molecule has 0 fully saturated rings. The Hall–Kier alpha value is -2.95. The van der Waals surface area contributed by atoms with Crippen molar-refractivity contribution in [2.75, 3.05) is 12.3 Å². The lowest BCUT2D eigenvalue weighted by Crippen LogP contribution is -2.27. The van der Waals surface area contributed by atoms with Crippen molar-refractivity contribution >= 4 is 22.6 Å². The zero-order valence-corrected chi connectivity index (χ0v) is 14.6. The molecule has 5 nitrogen and oxygen atoms in total. The minimum Gasteiger partial charge on any atom is -0.490 e. The topological polar surface area (TPSA) is 77.5 Å². The summed E-state index contributed by atoms with van der Waals surface area (Å²) in [4.78, 5) is 12.6. The summed E-state index contributed by atoms with van der Waals surface area (Å²) < 4.78 is 11.5. The Morgan fingerprint density at radius 2 is 2.08 bits per heavy atom. The van der Waals surface area contributed by atoms with Crippen LogP contribution in [0.1, 0.15) is 41.6 Å². The van der Waals surface area contributed by atoms with Crippen LogP contribution in [0.25, 0.3) is 11.0 Å². The first-order chi connectivity index (χ1) is 12.0. The van der Waals surface area contributed by atoms with Crippen LogP contribution in [-0.2, 0) is 0 Å². The number of fused-ring (bicyclic) bond motifs is 1. The zero-order chi connectivity index (χ0) is 18.0. The summed E-state index contributed by atoms with van der Waals surface area (Å²) in [6.07, 6.45) is 0. The van der Waals surface area contributed by atoms with Crippen molar-refractivity contribution in [1.82, 2.24) is 5.32 Å². The highest BCUT2D eigenvalue weighted by Crippen LogP contribution is 2.31. The fraction of sp³-hybridized carbons (Fsp3) is 0.250. The van der Waals surface area contributed by atoms with Gasteiger partial charge in [-0.3, -0.25) is 4.79 Å². The van der Waals surface area contributed by atoms with Crippen molar-refractivity contribution in [3.05, 3.63) is 59.4 Å². The van der Waals surface area contributed by atoms with E-state index >= 15 is 0 Å². The third kappa shape index (κ3) is 3.45. The second kappa shape index (κ2) is 6.89. The summed E-state index contributed by atoms with van der Waals surface area (Å²) in [6, 6.07) is 12.7. The Balaban J connectivity index is 1.84. The number of carbonyl (C=O) groups excluding carboxylic acids is 1. The number of rotatable bonds is 5. The number of carbonyl (C=O) groups is 1. The Morgan fingerprint density at radius 1 is 1.28 bits per heavy atom. The fourth-order valence-corrected chi connectivity index (χ4v) is 2.77. The molecule has 0 aliphatic heterocycles. The molecule has 3 N–H and O–H groups in total. The molecule has 130 valence electrons. The van der Waals surface area contributed by atoms with Gasteiger partial charge in [0.1, 0.15) is 5.76 Å². The third-order valence-corrected chi connectivity index (χ3v) is 4.11. The first-order valence-electron chi connectivity index (χ1n) is 8.32. The van der Waals surface area contributed by atoms with E-state index in [0.29, 0.717) is 35.0 Å². The van der Waals surface area contributed by atoms with Gasteiger partial charge >= 0.3 is 0 Å². The van der Waals surface area contributed by atoms with Crippen LogP contribution in [0.2, 0.25) is 0 Å². The smallest absolute Gasteiger partial charge is 0.252 e. The number of nitrogens with two attached hydrogens (primary N) is 1. The van der Waals surface area contributed by atoms with Crippen LogP contribution >= 0.6 is 0 Å². The number of hydrogen-bond acceptors (Lipinski definition) is 4. The van der Waals surface area contributed by atoms with Gasteiger partial charge in [0, 0.05) is 16.6 Å². The highest BCUT2D eigenvalue weighted by Gasteiger charge is 2.18. The molecule has 0 saturated heterocycles. The minimum absolute atomic E-state index is 0.178. The molecular formula is C20H22N2O3. The molecule has 1 amide bonds. The average Bonchev–Trinajstić information content (AvgIpc) is 3.02. The predicted molar refractivity (Wildman–Crippen MR) is 98.9 cm³/mol. The molecule has 0 aliphatic rings. The maximum Gasteiger partial charge on any atom is 0.252 e. The van der Waals surface area contributed by atoms with E-state index < -0.39 is 0 Å². The molecule has 1 atom stereocenters. The summed E-state index contributed by atoms with van der Waals surface area (Å²) >= 11 is 0. The highest BCUT2D eigenvalue weighted by atomic mass is 16.5. The number of aryl methyl sites for hydroxylation is 1. The summed E-state index contributed by atoms with van der Waals surface area (Å²) in [5.74, 6) is 1.20. The molecule has 1 aromatic heterocycles. The van der Waals surface area contributed by atoms with Gasteiger partial charge in [0.05, 0.1) is 12.6 Å². The number of nitrogens with one attached hydrogen (secondary N) is 1. The average molecular weight is 338 g/mol. The third-order valence-electron chi connectivity index (χ3n) is 4.11. The number of furan rings is 1. The lowest BCUT2D eigenvalue weighted by Gasteiger charge is -2.13. The van der Waals surface area contributed by atoms with Gasteiger partial charge in [-0.05, 0) is 50.6 Å². The van der Waals surface area contributed by atoms with E-state index in [2.05, 4.69) is 5.32 Å². The molecule has 0 aliphatic carbocycles. The second-order valence-electron chi connectivity index (χ2n) is 6.03. The van der Waals surface area contributed by atoms with E-state index in [9.17, 15) is 4.79 Å². The van der Waals surface area contributed by atoms with Gasteiger partial charge in [0.25, 0.3) is 5.91 Å².